The van der Waals surface area contributed by atoms with Gasteiger partial charge >= 0.3 is 0 Å². The lowest BCUT2D eigenvalue weighted by Gasteiger charge is -2.33. The lowest BCUT2D eigenvalue weighted by molar-refractivity contribution is -0.123. The summed E-state index contributed by atoms with van der Waals surface area (Å²) in [4.78, 5) is 41.4. The van der Waals surface area contributed by atoms with Crippen LogP contribution in [-0.4, -0.2) is 35.2 Å². The van der Waals surface area contributed by atoms with Gasteiger partial charge in [-0.05, 0) is 67.5 Å². The maximum atomic E-state index is 14.2. The Hall–Kier alpha value is -3.92. The lowest BCUT2D eigenvalue weighted by Crippen LogP contribution is -2.46. The first-order chi connectivity index (χ1) is 17.7. The number of primary amides is 1. The van der Waals surface area contributed by atoms with Crippen molar-refractivity contribution >= 4 is 40.6 Å². The normalized spacial score (nSPS) is 14.2. The van der Waals surface area contributed by atoms with E-state index in [-0.39, 0.29) is 28.2 Å². The molecule has 0 bridgehead atoms. The second-order valence-corrected chi connectivity index (χ2v) is 10.0. The maximum Gasteiger partial charge on any atom is 0.273 e. The highest BCUT2D eigenvalue weighted by Crippen LogP contribution is 2.36. The van der Waals surface area contributed by atoms with Gasteiger partial charge < -0.3 is 21.5 Å². The predicted octanol–water partition coefficient (Wildman–Crippen LogP) is 3.90. The molecule has 2 aromatic carbocycles. The molecule has 0 unspecified atom stereocenters. The zero-order valence-corrected chi connectivity index (χ0v) is 21.9. The molecule has 9 nitrogen and oxygen atoms in total. The Balaban J connectivity index is 1.88. The van der Waals surface area contributed by atoms with Crippen molar-refractivity contribution in [1.82, 2.24) is 9.69 Å². The van der Waals surface area contributed by atoms with Crippen LogP contribution < -0.4 is 26.4 Å². The molecule has 0 radical (unpaired) electrons. The molecule has 0 spiro atoms. The molecule has 1 fully saturated rings. The molecule has 4 rings (SSSR count). The number of ether oxygens (including phenoxy) is 1. The lowest BCUT2D eigenvalue weighted by atomic mass is 10.00. The van der Waals surface area contributed by atoms with Gasteiger partial charge in [0.15, 0.2) is 5.69 Å². The summed E-state index contributed by atoms with van der Waals surface area (Å²) in [6, 6.07) is 11.7. The predicted molar refractivity (Wildman–Crippen MR) is 144 cm³/mol. The summed E-state index contributed by atoms with van der Waals surface area (Å²) >= 11 is 0.789. The highest BCUT2D eigenvalue weighted by Gasteiger charge is 2.37. The first kappa shape index (κ1) is 26.2. The number of aryl methyl sites for hydroxylation is 2. The van der Waals surface area contributed by atoms with Crippen LogP contribution in [0.4, 0.5) is 11.4 Å². The third-order valence-electron chi connectivity index (χ3n) is 6.63. The first-order valence-corrected chi connectivity index (χ1v) is 12.9. The van der Waals surface area contributed by atoms with Crippen molar-refractivity contribution in [2.45, 2.75) is 51.6 Å². The van der Waals surface area contributed by atoms with Gasteiger partial charge in [-0.1, -0.05) is 42.7 Å². The standard InChI is InChI=1S/C27H31N5O4S/c1-15-8-13-20(16(2)14-15)32(27(35)24-21(28)22(25(29)33)31-37-24)23(17-9-11-19(36-3)12-10-17)26(34)30-18-6-4-5-7-18/h8-14,18,23H,4-7,28H2,1-3H3,(H2,29,33)(H,30,34)/t23-/m0/s1. The SMILES string of the molecule is COc1ccc([C@@H](C(=O)NC2CCCC2)N(C(=O)c2snc(C(N)=O)c2N)c2ccc(C)cc2C)cc1. The van der Waals surface area contributed by atoms with Crippen LogP contribution >= 0.6 is 11.5 Å². The highest BCUT2D eigenvalue weighted by molar-refractivity contribution is 7.09. The number of aromatic nitrogens is 1. The average Bonchev–Trinajstić information content (AvgIpc) is 3.52. The van der Waals surface area contributed by atoms with E-state index in [0.717, 1.165) is 48.3 Å². The van der Waals surface area contributed by atoms with E-state index in [0.29, 0.717) is 17.0 Å². The smallest absolute Gasteiger partial charge is 0.273 e. The number of rotatable bonds is 8. The molecule has 3 amide bonds. The summed E-state index contributed by atoms with van der Waals surface area (Å²) in [6.45, 7) is 3.84. The van der Waals surface area contributed by atoms with Crippen molar-refractivity contribution in [3.63, 3.8) is 0 Å². The molecule has 1 heterocycles. The number of amides is 3. The van der Waals surface area contributed by atoms with Gasteiger partial charge in [0.2, 0.25) is 5.91 Å². The Morgan fingerprint density at radius 2 is 1.78 bits per heavy atom. The second-order valence-electron chi connectivity index (χ2n) is 9.27. The van der Waals surface area contributed by atoms with Crippen molar-refractivity contribution in [1.29, 1.82) is 0 Å². The summed E-state index contributed by atoms with van der Waals surface area (Å²) in [5.41, 5.74) is 14.3. The number of methoxy groups -OCH3 is 1. The largest absolute Gasteiger partial charge is 0.497 e. The summed E-state index contributed by atoms with van der Waals surface area (Å²) in [5.74, 6) is -1.04. The van der Waals surface area contributed by atoms with E-state index < -0.39 is 17.9 Å². The number of benzene rings is 2. The van der Waals surface area contributed by atoms with Gasteiger partial charge in [0.1, 0.15) is 16.7 Å². The number of carbonyl (C=O) groups excluding carboxylic acids is 3. The minimum atomic E-state index is -1.01. The van der Waals surface area contributed by atoms with Gasteiger partial charge in [-0.2, -0.15) is 4.37 Å². The Morgan fingerprint density at radius 3 is 2.35 bits per heavy atom. The van der Waals surface area contributed by atoms with E-state index in [9.17, 15) is 14.4 Å². The van der Waals surface area contributed by atoms with E-state index in [1.165, 1.54) is 4.90 Å². The third-order valence-corrected chi connectivity index (χ3v) is 7.48. The first-order valence-electron chi connectivity index (χ1n) is 12.1. The number of anilines is 2. The van der Waals surface area contributed by atoms with Gasteiger partial charge in [0, 0.05) is 11.7 Å². The van der Waals surface area contributed by atoms with Crippen LogP contribution in [-0.2, 0) is 4.79 Å². The quantitative estimate of drug-likeness (QED) is 0.411. The molecule has 1 aliphatic rings. The third kappa shape index (κ3) is 5.43. The van der Waals surface area contributed by atoms with Crippen molar-refractivity contribution < 1.29 is 19.1 Å². The second kappa shape index (κ2) is 11.0. The molecule has 194 valence electrons. The molecule has 0 saturated heterocycles. The topological polar surface area (TPSA) is 141 Å². The van der Waals surface area contributed by atoms with Crippen LogP contribution in [0.25, 0.3) is 0 Å². The Kier molecular flexibility index (Phi) is 7.77. The molecule has 37 heavy (non-hydrogen) atoms. The minimum Gasteiger partial charge on any atom is -0.497 e. The molecule has 1 saturated carbocycles. The molecule has 5 N–H and O–H groups in total. The number of nitrogen functional groups attached to an aromatic ring is 1. The average molecular weight is 522 g/mol. The number of hydrogen-bond acceptors (Lipinski definition) is 7. The molecule has 3 aromatic rings. The van der Waals surface area contributed by atoms with Crippen molar-refractivity contribution in [3.05, 3.63) is 69.7 Å². The van der Waals surface area contributed by atoms with Crippen LogP contribution in [0.5, 0.6) is 5.75 Å². The van der Waals surface area contributed by atoms with Crippen molar-refractivity contribution in [3.8, 4) is 5.75 Å². The number of nitrogens with zero attached hydrogens (tertiary/aromatic N) is 2. The van der Waals surface area contributed by atoms with E-state index in [1.807, 2.05) is 32.0 Å². The van der Waals surface area contributed by atoms with E-state index >= 15 is 0 Å². The number of nitrogens with one attached hydrogen (secondary N) is 1. The van der Waals surface area contributed by atoms with Crippen LogP contribution in [0.3, 0.4) is 0 Å². The van der Waals surface area contributed by atoms with Crippen molar-refractivity contribution in [2.24, 2.45) is 5.73 Å². The zero-order valence-electron chi connectivity index (χ0n) is 21.1. The highest BCUT2D eigenvalue weighted by atomic mass is 32.1. The summed E-state index contributed by atoms with van der Waals surface area (Å²) in [6.07, 6.45) is 3.88. The molecule has 0 aliphatic heterocycles. The molecular weight excluding hydrogens is 490 g/mol. The Bertz CT molecular complexity index is 1310. The number of hydrogen-bond donors (Lipinski definition) is 3. The number of carbonyl (C=O) groups is 3. The van der Waals surface area contributed by atoms with Crippen LogP contribution in [0, 0.1) is 13.8 Å². The molecule has 1 aromatic heterocycles. The van der Waals surface area contributed by atoms with Crippen LogP contribution in [0.1, 0.15) is 68.6 Å². The number of nitrogens with two attached hydrogens (primary N) is 2. The monoisotopic (exact) mass is 521 g/mol. The fraction of sp³-hybridized carbons (Fsp3) is 0.333. The van der Waals surface area contributed by atoms with Gasteiger partial charge in [-0.3, -0.25) is 19.3 Å². The Labute approximate surface area is 220 Å². The fourth-order valence-electron chi connectivity index (χ4n) is 4.73. The summed E-state index contributed by atoms with van der Waals surface area (Å²) in [5, 5.41) is 3.15. The van der Waals surface area contributed by atoms with Gasteiger partial charge in [0.25, 0.3) is 11.8 Å². The zero-order chi connectivity index (χ0) is 26.7. The van der Waals surface area contributed by atoms with Gasteiger partial charge in [0.05, 0.1) is 12.8 Å². The Morgan fingerprint density at radius 1 is 1.11 bits per heavy atom. The fourth-order valence-corrected chi connectivity index (χ4v) is 5.48. The van der Waals surface area contributed by atoms with Gasteiger partial charge in [-0.15, -0.1) is 0 Å². The van der Waals surface area contributed by atoms with Gasteiger partial charge in [-0.25, -0.2) is 0 Å². The molecule has 10 heteroatoms. The molecular formula is C27H31N5O4S. The van der Waals surface area contributed by atoms with E-state index in [4.69, 9.17) is 16.2 Å². The molecule has 1 aliphatic carbocycles. The summed E-state index contributed by atoms with van der Waals surface area (Å²) in [7, 11) is 1.56. The van der Waals surface area contributed by atoms with Crippen molar-refractivity contribution in [2.75, 3.05) is 17.7 Å². The van der Waals surface area contributed by atoms with E-state index in [2.05, 4.69) is 9.69 Å². The van der Waals surface area contributed by atoms with Crippen LogP contribution in [0.2, 0.25) is 0 Å². The molecule has 1 atom stereocenters. The van der Waals surface area contributed by atoms with Crippen LogP contribution in [0.15, 0.2) is 42.5 Å². The summed E-state index contributed by atoms with van der Waals surface area (Å²) < 4.78 is 9.31. The van der Waals surface area contributed by atoms with E-state index in [1.54, 1.807) is 31.4 Å². The minimum absolute atomic E-state index is 0.0410. The maximum absolute atomic E-state index is 14.2.